The lowest BCUT2D eigenvalue weighted by molar-refractivity contribution is 0.233. The minimum atomic E-state index is -0.392. The second-order valence-corrected chi connectivity index (χ2v) is 8.89. The Morgan fingerprint density at radius 1 is 0.969 bits per heavy atom. The molecule has 1 fully saturated rings. The third kappa shape index (κ3) is 3.55. The Labute approximate surface area is 190 Å². The quantitative estimate of drug-likeness (QED) is 0.599. The number of aryl methyl sites for hydroxylation is 1. The fraction of sp³-hybridized carbons (Fsp3) is 0.455. The molecule has 5 rings (SSSR count). The first-order chi connectivity index (χ1) is 15.4. The van der Waals surface area contributed by atoms with Crippen LogP contribution in [0.1, 0.15) is 24.8 Å². The van der Waals surface area contributed by atoms with Gasteiger partial charge in [-0.3, -0.25) is 18.5 Å². The van der Waals surface area contributed by atoms with Crippen LogP contribution < -0.4 is 16.3 Å². The Kier molecular flexibility index (Phi) is 5.38. The number of piperidine rings is 1. The largest absolute Gasteiger partial charge is 0.332 e. The number of fused-ring (bicyclic) bond motifs is 3. The number of hydrazone groups is 1. The second-order valence-electron chi connectivity index (χ2n) is 8.45. The molecule has 0 radical (unpaired) electrons. The number of likely N-dealkylation sites (tertiary alicyclic amines) is 1. The highest BCUT2D eigenvalue weighted by Crippen LogP contribution is 2.26. The molecule has 0 aliphatic carbocycles. The smallest absolute Gasteiger partial charge is 0.301 e. The highest BCUT2D eigenvalue weighted by atomic mass is 35.5. The van der Waals surface area contributed by atoms with E-state index in [1.165, 1.54) is 30.9 Å². The van der Waals surface area contributed by atoms with E-state index in [-0.39, 0.29) is 5.56 Å². The number of nitrogens with zero attached hydrogens (tertiary/aromatic N) is 7. The Balaban J connectivity index is 1.61. The van der Waals surface area contributed by atoms with Crippen molar-refractivity contribution in [1.29, 1.82) is 0 Å². The summed E-state index contributed by atoms with van der Waals surface area (Å²) in [5.74, 6) is 0.591. The number of hydrogen-bond acceptors (Lipinski definition) is 6. The van der Waals surface area contributed by atoms with Crippen LogP contribution in [0.5, 0.6) is 0 Å². The van der Waals surface area contributed by atoms with Crippen molar-refractivity contribution in [3.8, 4) is 0 Å². The topological polar surface area (TPSA) is 80.7 Å². The number of halogens is 1. The zero-order valence-corrected chi connectivity index (χ0v) is 19.0. The summed E-state index contributed by atoms with van der Waals surface area (Å²) in [5, 5.41) is 7.43. The van der Waals surface area contributed by atoms with Gasteiger partial charge in [0, 0.05) is 25.7 Å². The summed E-state index contributed by atoms with van der Waals surface area (Å²) in [6.07, 6.45) is 3.72. The number of hydrogen-bond donors (Lipinski definition) is 0. The molecule has 0 amide bonds. The van der Waals surface area contributed by atoms with Crippen molar-refractivity contribution in [1.82, 2.24) is 23.6 Å². The molecule has 9 nitrogen and oxygen atoms in total. The maximum Gasteiger partial charge on any atom is 0.332 e. The van der Waals surface area contributed by atoms with Gasteiger partial charge in [0.15, 0.2) is 11.2 Å². The van der Waals surface area contributed by atoms with Crippen LogP contribution in [0.2, 0.25) is 5.02 Å². The van der Waals surface area contributed by atoms with Gasteiger partial charge >= 0.3 is 5.69 Å². The second kappa shape index (κ2) is 8.22. The van der Waals surface area contributed by atoms with Gasteiger partial charge in [-0.25, -0.2) is 9.80 Å². The molecule has 10 heteroatoms. The Hall–Kier alpha value is -2.91. The SMILES string of the molecule is Cn1c(=O)c2c(nc3n2CC(c2ccc(Cl)cc2)=NN3CCN2CCCCC2)n(C)c1=O. The predicted octanol–water partition coefficient (Wildman–Crippen LogP) is 1.80. The third-order valence-electron chi connectivity index (χ3n) is 6.36. The molecule has 0 saturated carbocycles. The Morgan fingerprint density at radius 3 is 2.41 bits per heavy atom. The van der Waals surface area contributed by atoms with Crippen LogP contribution in [-0.4, -0.2) is 55.5 Å². The third-order valence-corrected chi connectivity index (χ3v) is 6.61. The molecular weight excluding hydrogens is 430 g/mol. The molecule has 168 valence electrons. The Bertz CT molecular complexity index is 1310. The molecular formula is C22H26ClN7O2. The van der Waals surface area contributed by atoms with Gasteiger partial charge in [0.05, 0.1) is 18.8 Å². The first-order valence-corrected chi connectivity index (χ1v) is 11.3. The first kappa shape index (κ1) is 21.0. The van der Waals surface area contributed by atoms with Crippen molar-refractivity contribution in [2.75, 3.05) is 31.2 Å². The van der Waals surface area contributed by atoms with E-state index in [1.54, 1.807) is 7.05 Å². The molecule has 4 heterocycles. The lowest BCUT2D eigenvalue weighted by atomic mass is 10.1. The van der Waals surface area contributed by atoms with Crippen LogP contribution in [0.4, 0.5) is 5.95 Å². The molecule has 32 heavy (non-hydrogen) atoms. The molecule has 0 spiro atoms. The average Bonchev–Trinajstić information content (AvgIpc) is 3.21. The molecule has 2 aromatic heterocycles. The monoisotopic (exact) mass is 455 g/mol. The predicted molar refractivity (Wildman–Crippen MR) is 126 cm³/mol. The molecule has 3 aromatic rings. The van der Waals surface area contributed by atoms with Crippen LogP contribution >= 0.6 is 11.6 Å². The molecule has 1 aromatic carbocycles. The van der Waals surface area contributed by atoms with Crippen molar-refractivity contribution in [3.63, 3.8) is 0 Å². The fourth-order valence-electron chi connectivity index (χ4n) is 4.51. The number of imidazole rings is 1. The normalized spacial score (nSPS) is 17.0. The Morgan fingerprint density at radius 2 is 1.69 bits per heavy atom. The molecule has 2 aliphatic heterocycles. The number of anilines is 1. The van der Waals surface area contributed by atoms with Crippen molar-refractivity contribution in [2.24, 2.45) is 19.2 Å². The van der Waals surface area contributed by atoms with Crippen LogP contribution in [-0.2, 0) is 20.6 Å². The van der Waals surface area contributed by atoms with Crippen molar-refractivity contribution < 1.29 is 0 Å². The van der Waals surface area contributed by atoms with E-state index in [1.807, 2.05) is 33.8 Å². The van der Waals surface area contributed by atoms with Gasteiger partial charge < -0.3 is 4.90 Å². The number of rotatable bonds is 4. The standard InChI is InChI=1S/C22H26ClN7O2/c1-26-19-18(20(31)27(2)22(26)32)29-14-17(15-6-8-16(23)9-7-15)25-30(21(29)24-19)13-12-28-10-4-3-5-11-28/h6-9H,3-5,10-14H2,1-2H3. The first-order valence-electron chi connectivity index (χ1n) is 10.9. The van der Waals surface area contributed by atoms with Crippen molar-refractivity contribution >= 4 is 34.4 Å². The molecule has 2 aliphatic rings. The van der Waals surface area contributed by atoms with Crippen LogP contribution in [0.3, 0.4) is 0 Å². The van der Waals surface area contributed by atoms with Crippen molar-refractivity contribution in [2.45, 2.75) is 25.8 Å². The van der Waals surface area contributed by atoms with E-state index in [4.69, 9.17) is 21.7 Å². The van der Waals surface area contributed by atoms with Gasteiger partial charge in [-0.2, -0.15) is 10.1 Å². The number of benzene rings is 1. The summed E-state index contributed by atoms with van der Waals surface area (Å²) in [5.41, 5.74) is 1.80. The molecule has 0 atom stereocenters. The van der Waals surface area contributed by atoms with E-state index in [0.29, 0.717) is 35.2 Å². The molecule has 0 bridgehead atoms. The lowest BCUT2D eigenvalue weighted by Crippen LogP contribution is -2.40. The van der Waals surface area contributed by atoms with Crippen LogP contribution in [0, 0.1) is 0 Å². The van der Waals surface area contributed by atoms with E-state index >= 15 is 0 Å². The summed E-state index contributed by atoms with van der Waals surface area (Å²) in [6.45, 7) is 4.08. The summed E-state index contributed by atoms with van der Waals surface area (Å²) < 4.78 is 4.43. The number of aromatic nitrogens is 4. The fourth-order valence-corrected chi connectivity index (χ4v) is 4.64. The summed E-state index contributed by atoms with van der Waals surface area (Å²) in [4.78, 5) is 32.6. The highest BCUT2D eigenvalue weighted by Gasteiger charge is 2.28. The molecule has 0 N–H and O–H groups in total. The highest BCUT2D eigenvalue weighted by molar-refractivity contribution is 6.30. The zero-order chi connectivity index (χ0) is 22.4. The van der Waals surface area contributed by atoms with Gasteiger partial charge in [0.1, 0.15) is 0 Å². The van der Waals surface area contributed by atoms with Gasteiger partial charge in [-0.15, -0.1) is 0 Å². The van der Waals surface area contributed by atoms with Crippen LogP contribution in [0.15, 0.2) is 39.0 Å². The summed E-state index contributed by atoms with van der Waals surface area (Å²) in [7, 11) is 3.14. The average molecular weight is 456 g/mol. The van der Waals surface area contributed by atoms with Gasteiger partial charge in [0.2, 0.25) is 5.95 Å². The lowest BCUT2D eigenvalue weighted by Gasteiger charge is -2.30. The minimum absolute atomic E-state index is 0.352. The van der Waals surface area contributed by atoms with E-state index in [0.717, 1.165) is 35.5 Å². The van der Waals surface area contributed by atoms with E-state index < -0.39 is 5.69 Å². The van der Waals surface area contributed by atoms with Gasteiger partial charge in [-0.05, 0) is 43.6 Å². The maximum atomic E-state index is 13.0. The maximum absolute atomic E-state index is 13.0. The van der Waals surface area contributed by atoms with Gasteiger partial charge in [0.25, 0.3) is 5.56 Å². The van der Waals surface area contributed by atoms with Crippen molar-refractivity contribution in [3.05, 3.63) is 55.7 Å². The summed E-state index contributed by atoms with van der Waals surface area (Å²) >= 11 is 6.08. The van der Waals surface area contributed by atoms with Crippen LogP contribution in [0.25, 0.3) is 11.2 Å². The van der Waals surface area contributed by atoms with E-state index in [9.17, 15) is 9.59 Å². The van der Waals surface area contributed by atoms with E-state index in [2.05, 4.69) is 4.90 Å². The molecule has 1 saturated heterocycles. The minimum Gasteiger partial charge on any atom is -0.301 e. The molecule has 0 unspecified atom stereocenters. The zero-order valence-electron chi connectivity index (χ0n) is 18.3. The van der Waals surface area contributed by atoms with Gasteiger partial charge in [-0.1, -0.05) is 30.2 Å². The summed E-state index contributed by atoms with van der Waals surface area (Å²) in [6, 6.07) is 7.54.